The highest BCUT2D eigenvalue weighted by Crippen LogP contribution is 2.31. The van der Waals surface area contributed by atoms with Gasteiger partial charge in [-0.3, -0.25) is 0 Å². The third-order valence-corrected chi connectivity index (χ3v) is 2.13. The van der Waals surface area contributed by atoms with Crippen LogP contribution in [0.1, 0.15) is 12.5 Å². The molecule has 1 aromatic carbocycles. The molecule has 72 valence electrons. The van der Waals surface area contributed by atoms with Gasteiger partial charge in [-0.25, -0.2) is 0 Å². The van der Waals surface area contributed by atoms with Crippen molar-refractivity contribution in [3.8, 4) is 5.75 Å². The Morgan fingerprint density at radius 2 is 1.92 bits per heavy atom. The quantitative estimate of drug-likeness (QED) is 0.492. The molecule has 0 amide bonds. The van der Waals surface area contributed by atoms with Gasteiger partial charge in [0, 0.05) is 19.8 Å². The van der Waals surface area contributed by atoms with Gasteiger partial charge < -0.3 is 15.7 Å². The molecule has 0 saturated carbocycles. The largest absolute Gasteiger partial charge is 0.505 e. The molecule has 0 aliphatic rings. The third kappa shape index (κ3) is 1.86. The van der Waals surface area contributed by atoms with Crippen LogP contribution in [-0.2, 0) is 6.42 Å². The van der Waals surface area contributed by atoms with Gasteiger partial charge in [0.05, 0.1) is 5.69 Å². The Bertz CT molecular complexity index is 272. The minimum absolute atomic E-state index is 0.351. The van der Waals surface area contributed by atoms with Crippen LogP contribution in [0.15, 0.2) is 12.1 Å². The number of aromatic hydroxyl groups is 1. The van der Waals surface area contributed by atoms with Crippen molar-refractivity contribution in [3.63, 3.8) is 0 Å². The molecule has 0 aliphatic carbocycles. The molecular weight excluding hydrogens is 164 g/mol. The highest BCUT2D eigenvalue weighted by molar-refractivity contribution is 5.67. The Kier molecular flexibility index (Phi) is 3.01. The number of benzene rings is 1. The van der Waals surface area contributed by atoms with Crippen LogP contribution < -0.4 is 10.6 Å². The molecule has 0 heterocycles. The van der Waals surface area contributed by atoms with E-state index < -0.39 is 0 Å². The van der Waals surface area contributed by atoms with Crippen molar-refractivity contribution in [2.75, 3.05) is 24.7 Å². The molecule has 0 bridgehead atoms. The van der Waals surface area contributed by atoms with E-state index in [1.54, 1.807) is 7.05 Å². The molecule has 0 radical (unpaired) electrons. The monoisotopic (exact) mass is 180 g/mol. The zero-order valence-corrected chi connectivity index (χ0v) is 8.31. The highest BCUT2D eigenvalue weighted by atomic mass is 16.3. The molecular formula is C10H16N2O. The van der Waals surface area contributed by atoms with Gasteiger partial charge in [0.15, 0.2) is 0 Å². The lowest BCUT2D eigenvalue weighted by Crippen LogP contribution is -1.96. The molecule has 13 heavy (non-hydrogen) atoms. The van der Waals surface area contributed by atoms with Crippen molar-refractivity contribution in [1.29, 1.82) is 0 Å². The van der Waals surface area contributed by atoms with E-state index >= 15 is 0 Å². The maximum absolute atomic E-state index is 9.72. The van der Waals surface area contributed by atoms with Gasteiger partial charge in [-0.2, -0.15) is 0 Å². The molecule has 0 atom stereocenters. The van der Waals surface area contributed by atoms with Crippen molar-refractivity contribution in [1.82, 2.24) is 0 Å². The molecule has 3 N–H and O–H groups in total. The van der Waals surface area contributed by atoms with E-state index in [0.29, 0.717) is 5.75 Å². The predicted octanol–water partition coefficient (Wildman–Crippen LogP) is 2.04. The van der Waals surface area contributed by atoms with Crippen molar-refractivity contribution in [2.45, 2.75) is 13.3 Å². The standard InChI is InChI=1S/C10H16N2O/c1-4-7-5-8(11-2)6-9(12-3)10(7)13/h5-6,11-13H,4H2,1-3H3. The van der Waals surface area contributed by atoms with Crippen LogP contribution >= 0.6 is 0 Å². The average Bonchev–Trinajstić information content (AvgIpc) is 2.18. The van der Waals surface area contributed by atoms with Gasteiger partial charge in [0.25, 0.3) is 0 Å². The zero-order chi connectivity index (χ0) is 9.84. The minimum atomic E-state index is 0.351. The Hall–Kier alpha value is -1.38. The Balaban J connectivity index is 3.20. The highest BCUT2D eigenvalue weighted by Gasteiger charge is 2.06. The molecule has 0 fully saturated rings. The van der Waals surface area contributed by atoms with Crippen LogP contribution in [0.25, 0.3) is 0 Å². The van der Waals surface area contributed by atoms with Gasteiger partial charge >= 0.3 is 0 Å². The number of phenolic OH excluding ortho intramolecular Hbond substituents is 1. The maximum Gasteiger partial charge on any atom is 0.141 e. The molecule has 0 saturated heterocycles. The van der Waals surface area contributed by atoms with Crippen LogP contribution in [-0.4, -0.2) is 19.2 Å². The second-order valence-corrected chi connectivity index (χ2v) is 2.89. The lowest BCUT2D eigenvalue weighted by atomic mass is 10.1. The number of hydrogen-bond donors (Lipinski definition) is 3. The molecule has 0 unspecified atom stereocenters. The van der Waals surface area contributed by atoms with Crippen LogP contribution in [0.3, 0.4) is 0 Å². The van der Waals surface area contributed by atoms with Crippen LogP contribution in [0.2, 0.25) is 0 Å². The summed E-state index contributed by atoms with van der Waals surface area (Å²) in [5, 5.41) is 15.7. The van der Waals surface area contributed by atoms with Crippen molar-refractivity contribution < 1.29 is 5.11 Å². The van der Waals surface area contributed by atoms with Gasteiger partial charge in [0.2, 0.25) is 0 Å². The normalized spacial score (nSPS) is 9.77. The van der Waals surface area contributed by atoms with Gasteiger partial charge in [-0.15, -0.1) is 0 Å². The number of hydrogen-bond acceptors (Lipinski definition) is 3. The first-order valence-corrected chi connectivity index (χ1v) is 4.44. The summed E-state index contributed by atoms with van der Waals surface area (Å²) in [6.45, 7) is 2.02. The summed E-state index contributed by atoms with van der Waals surface area (Å²) in [6, 6.07) is 3.84. The number of rotatable bonds is 3. The second kappa shape index (κ2) is 4.03. The summed E-state index contributed by atoms with van der Waals surface area (Å²) in [5.74, 6) is 0.351. The summed E-state index contributed by atoms with van der Waals surface area (Å²) < 4.78 is 0. The average molecular weight is 180 g/mol. The molecule has 3 nitrogen and oxygen atoms in total. The van der Waals surface area contributed by atoms with Gasteiger partial charge in [0.1, 0.15) is 5.75 Å². The minimum Gasteiger partial charge on any atom is -0.505 e. The fourth-order valence-electron chi connectivity index (χ4n) is 1.30. The van der Waals surface area contributed by atoms with E-state index in [1.807, 2.05) is 26.1 Å². The third-order valence-electron chi connectivity index (χ3n) is 2.13. The summed E-state index contributed by atoms with van der Waals surface area (Å²) in [7, 11) is 3.67. The smallest absolute Gasteiger partial charge is 0.141 e. The first-order valence-electron chi connectivity index (χ1n) is 4.44. The SMILES string of the molecule is CCc1cc(NC)cc(NC)c1O. The number of aryl methyl sites for hydroxylation is 1. The first kappa shape index (κ1) is 9.71. The van der Waals surface area contributed by atoms with Gasteiger partial charge in [-0.1, -0.05) is 6.92 Å². The van der Waals surface area contributed by atoms with E-state index in [-0.39, 0.29) is 0 Å². The second-order valence-electron chi connectivity index (χ2n) is 2.89. The van der Waals surface area contributed by atoms with E-state index in [0.717, 1.165) is 23.4 Å². The fraction of sp³-hybridized carbons (Fsp3) is 0.400. The van der Waals surface area contributed by atoms with Crippen molar-refractivity contribution in [2.24, 2.45) is 0 Å². The molecule has 0 aliphatic heterocycles. The van der Waals surface area contributed by atoms with Crippen molar-refractivity contribution in [3.05, 3.63) is 17.7 Å². The Morgan fingerprint density at radius 1 is 1.23 bits per heavy atom. The van der Waals surface area contributed by atoms with E-state index in [2.05, 4.69) is 10.6 Å². The Morgan fingerprint density at radius 3 is 2.38 bits per heavy atom. The van der Waals surface area contributed by atoms with Crippen LogP contribution in [0.4, 0.5) is 11.4 Å². The maximum atomic E-state index is 9.72. The molecule has 0 spiro atoms. The molecule has 1 aromatic rings. The lowest BCUT2D eigenvalue weighted by Gasteiger charge is -2.11. The number of anilines is 2. The molecule has 3 heteroatoms. The molecule has 1 rings (SSSR count). The summed E-state index contributed by atoms with van der Waals surface area (Å²) in [6.07, 6.45) is 0.829. The van der Waals surface area contributed by atoms with E-state index in [9.17, 15) is 5.11 Å². The van der Waals surface area contributed by atoms with Crippen LogP contribution in [0.5, 0.6) is 5.75 Å². The summed E-state index contributed by atoms with van der Waals surface area (Å²) >= 11 is 0. The van der Waals surface area contributed by atoms with Gasteiger partial charge in [-0.05, 0) is 24.1 Å². The topological polar surface area (TPSA) is 44.3 Å². The number of nitrogens with one attached hydrogen (secondary N) is 2. The van der Waals surface area contributed by atoms with Crippen LogP contribution in [0, 0.1) is 0 Å². The first-order chi connectivity index (χ1) is 6.22. The summed E-state index contributed by atoms with van der Waals surface area (Å²) in [5.41, 5.74) is 2.74. The Labute approximate surface area is 78.8 Å². The van der Waals surface area contributed by atoms with E-state index in [4.69, 9.17) is 0 Å². The lowest BCUT2D eigenvalue weighted by molar-refractivity contribution is 0.471. The van der Waals surface area contributed by atoms with E-state index in [1.165, 1.54) is 0 Å². The summed E-state index contributed by atoms with van der Waals surface area (Å²) in [4.78, 5) is 0. The zero-order valence-electron chi connectivity index (χ0n) is 8.31. The fourth-order valence-corrected chi connectivity index (χ4v) is 1.30. The van der Waals surface area contributed by atoms with Crippen molar-refractivity contribution >= 4 is 11.4 Å². The molecule has 0 aromatic heterocycles. The number of phenols is 1. The predicted molar refractivity (Wildman–Crippen MR) is 56.6 cm³/mol.